The molecule has 25 heavy (non-hydrogen) atoms. The van der Waals surface area contributed by atoms with Gasteiger partial charge in [-0.15, -0.1) is 0 Å². The van der Waals surface area contributed by atoms with Gasteiger partial charge in [-0.1, -0.05) is 30.3 Å². The van der Waals surface area contributed by atoms with E-state index < -0.39 is 11.0 Å². The monoisotopic (exact) mass is 343 g/mol. The van der Waals surface area contributed by atoms with Gasteiger partial charge in [0.25, 0.3) is 5.69 Å². The number of nitrogens with zero attached hydrogens (tertiary/aromatic N) is 2. The molecule has 2 rings (SSSR count). The van der Waals surface area contributed by atoms with Crippen LogP contribution in [0.15, 0.2) is 54.6 Å². The van der Waals surface area contributed by atoms with Crippen LogP contribution in [0.1, 0.15) is 5.56 Å². The summed E-state index contributed by atoms with van der Waals surface area (Å²) in [5.41, 5.74) is 1.69. The van der Waals surface area contributed by atoms with Crippen molar-refractivity contribution < 1.29 is 14.5 Å². The molecule has 0 bridgehead atoms. The largest absolute Gasteiger partial charge is 0.448 e. The van der Waals surface area contributed by atoms with Crippen LogP contribution < -0.4 is 5.32 Å². The second-order valence-corrected chi connectivity index (χ2v) is 5.60. The lowest BCUT2D eigenvalue weighted by atomic mass is 10.1. The Morgan fingerprint density at radius 1 is 1.12 bits per heavy atom. The molecule has 7 heteroatoms. The smallest absolute Gasteiger partial charge is 0.411 e. The van der Waals surface area contributed by atoms with Crippen molar-refractivity contribution in [3.05, 3.63) is 70.3 Å². The van der Waals surface area contributed by atoms with Crippen molar-refractivity contribution in [3.63, 3.8) is 0 Å². The number of hydrogen-bond donors (Lipinski definition) is 1. The van der Waals surface area contributed by atoms with E-state index in [4.69, 9.17) is 4.74 Å². The number of nitro benzene ring substituents is 1. The highest BCUT2D eigenvalue weighted by molar-refractivity contribution is 5.84. The highest BCUT2D eigenvalue weighted by Gasteiger charge is 2.07. The van der Waals surface area contributed by atoms with Crippen LogP contribution in [0.4, 0.5) is 16.2 Å². The van der Waals surface area contributed by atoms with Crippen LogP contribution in [0.5, 0.6) is 0 Å². The van der Waals surface area contributed by atoms with Gasteiger partial charge in [-0.25, -0.2) is 4.79 Å². The zero-order valence-corrected chi connectivity index (χ0v) is 14.1. The number of amides is 1. The number of rotatable bonds is 8. The van der Waals surface area contributed by atoms with E-state index in [9.17, 15) is 14.9 Å². The van der Waals surface area contributed by atoms with Crippen molar-refractivity contribution in [2.24, 2.45) is 0 Å². The summed E-state index contributed by atoms with van der Waals surface area (Å²) >= 11 is 0. The molecule has 1 N–H and O–H groups in total. The van der Waals surface area contributed by atoms with Gasteiger partial charge in [0, 0.05) is 30.9 Å². The predicted molar refractivity (Wildman–Crippen MR) is 95.7 cm³/mol. The van der Waals surface area contributed by atoms with Crippen molar-refractivity contribution in [1.29, 1.82) is 0 Å². The van der Waals surface area contributed by atoms with Crippen LogP contribution in [-0.2, 0) is 11.2 Å². The number of nitrogens with one attached hydrogen (secondary N) is 1. The molecular weight excluding hydrogens is 322 g/mol. The van der Waals surface area contributed by atoms with Crippen LogP contribution in [0.2, 0.25) is 0 Å². The highest BCUT2D eigenvalue weighted by Crippen LogP contribution is 2.15. The summed E-state index contributed by atoms with van der Waals surface area (Å²) in [7, 11) is 1.97. The molecule has 0 fully saturated rings. The van der Waals surface area contributed by atoms with Crippen molar-refractivity contribution in [1.82, 2.24) is 4.90 Å². The maximum atomic E-state index is 11.7. The molecule has 2 aromatic rings. The van der Waals surface area contributed by atoms with E-state index in [0.29, 0.717) is 12.2 Å². The van der Waals surface area contributed by atoms with Crippen molar-refractivity contribution in [2.75, 3.05) is 32.1 Å². The molecular formula is C18H21N3O4. The summed E-state index contributed by atoms with van der Waals surface area (Å²) in [5.74, 6) is 0. The summed E-state index contributed by atoms with van der Waals surface area (Å²) in [4.78, 5) is 23.9. The fourth-order valence-corrected chi connectivity index (χ4v) is 2.19. The van der Waals surface area contributed by atoms with Gasteiger partial charge in [-0.3, -0.25) is 15.4 Å². The standard InChI is InChI=1S/C18H21N3O4/c1-20(12-11-15-5-3-2-4-6-15)13-14-25-18(22)19-16-7-9-17(10-8-16)21(23)24/h2-10H,11-14H2,1H3,(H,19,22). The quantitative estimate of drug-likeness (QED) is 0.587. The van der Waals surface area contributed by atoms with Crippen LogP contribution in [0.3, 0.4) is 0 Å². The molecule has 0 radical (unpaired) electrons. The molecule has 0 spiro atoms. The third kappa shape index (κ3) is 6.60. The number of carbonyl (C=O) groups is 1. The van der Waals surface area contributed by atoms with Crippen LogP contribution in [0, 0.1) is 10.1 Å². The van der Waals surface area contributed by atoms with E-state index >= 15 is 0 Å². The summed E-state index contributed by atoms with van der Waals surface area (Å²) in [6.07, 6.45) is 0.358. The Bertz CT molecular complexity index is 689. The Labute approximate surface area is 146 Å². The topological polar surface area (TPSA) is 84.7 Å². The lowest BCUT2D eigenvalue weighted by Crippen LogP contribution is -2.27. The minimum Gasteiger partial charge on any atom is -0.448 e. The second-order valence-electron chi connectivity index (χ2n) is 5.60. The maximum Gasteiger partial charge on any atom is 0.411 e. The van der Waals surface area contributed by atoms with Crippen LogP contribution >= 0.6 is 0 Å². The van der Waals surface area contributed by atoms with Gasteiger partial charge in [0.1, 0.15) is 6.61 Å². The van der Waals surface area contributed by atoms with Gasteiger partial charge in [-0.05, 0) is 31.2 Å². The molecule has 7 nitrogen and oxygen atoms in total. The number of carbonyl (C=O) groups excluding carboxylic acids is 1. The summed E-state index contributed by atoms with van der Waals surface area (Å²) < 4.78 is 5.12. The number of likely N-dealkylation sites (N-methyl/N-ethyl adjacent to an activating group) is 1. The fourth-order valence-electron chi connectivity index (χ4n) is 2.19. The lowest BCUT2D eigenvalue weighted by molar-refractivity contribution is -0.384. The Balaban J connectivity index is 1.65. The minimum absolute atomic E-state index is 0.0287. The van der Waals surface area contributed by atoms with Crippen LogP contribution in [-0.4, -0.2) is 42.7 Å². The van der Waals surface area contributed by atoms with E-state index in [0.717, 1.165) is 13.0 Å². The lowest BCUT2D eigenvalue weighted by Gasteiger charge is -2.16. The van der Waals surface area contributed by atoms with E-state index in [-0.39, 0.29) is 12.3 Å². The maximum absolute atomic E-state index is 11.7. The second kappa shape index (κ2) is 9.39. The SMILES string of the molecule is CN(CCOC(=O)Nc1ccc([N+](=O)[O-])cc1)CCc1ccccc1. The molecule has 0 heterocycles. The van der Waals surface area contributed by atoms with Crippen molar-refractivity contribution in [3.8, 4) is 0 Å². The zero-order valence-electron chi connectivity index (χ0n) is 14.1. The van der Waals surface area contributed by atoms with E-state index in [1.54, 1.807) is 0 Å². The van der Waals surface area contributed by atoms with E-state index in [2.05, 4.69) is 22.3 Å². The highest BCUT2D eigenvalue weighted by atomic mass is 16.6. The van der Waals surface area contributed by atoms with Crippen LogP contribution in [0.25, 0.3) is 0 Å². The van der Waals surface area contributed by atoms with Gasteiger partial charge >= 0.3 is 6.09 Å². The van der Waals surface area contributed by atoms with Gasteiger partial charge < -0.3 is 9.64 Å². The van der Waals surface area contributed by atoms with Gasteiger partial charge in [0.05, 0.1) is 4.92 Å². The summed E-state index contributed by atoms with van der Waals surface area (Å²) in [6, 6.07) is 15.8. The van der Waals surface area contributed by atoms with E-state index in [1.807, 2.05) is 25.2 Å². The Morgan fingerprint density at radius 3 is 2.44 bits per heavy atom. The zero-order chi connectivity index (χ0) is 18.1. The minimum atomic E-state index is -0.578. The third-order valence-electron chi connectivity index (χ3n) is 3.66. The number of non-ortho nitro benzene ring substituents is 1. The Kier molecular flexibility index (Phi) is 6.91. The summed E-state index contributed by atoms with van der Waals surface area (Å²) in [6.45, 7) is 1.77. The molecule has 0 aliphatic rings. The molecule has 0 aliphatic heterocycles. The molecule has 0 atom stereocenters. The average Bonchev–Trinajstić information content (AvgIpc) is 2.61. The predicted octanol–water partition coefficient (Wildman–Crippen LogP) is 3.32. The Hall–Kier alpha value is -2.93. The first-order valence-electron chi connectivity index (χ1n) is 7.95. The first-order valence-corrected chi connectivity index (χ1v) is 7.95. The van der Waals surface area contributed by atoms with Gasteiger partial charge in [-0.2, -0.15) is 0 Å². The van der Waals surface area contributed by atoms with Crippen molar-refractivity contribution in [2.45, 2.75) is 6.42 Å². The molecule has 0 aromatic heterocycles. The van der Waals surface area contributed by atoms with Crippen molar-refractivity contribution >= 4 is 17.5 Å². The van der Waals surface area contributed by atoms with E-state index in [1.165, 1.54) is 29.8 Å². The number of hydrogen-bond acceptors (Lipinski definition) is 5. The van der Waals surface area contributed by atoms with Gasteiger partial charge in [0.15, 0.2) is 0 Å². The molecule has 132 valence electrons. The number of benzene rings is 2. The van der Waals surface area contributed by atoms with Gasteiger partial charge in [0.2, 0.25) is 0 Å². The summed E-state index contributed by atoms with van der Waals surface area (Å²) in [5, 5.41) is 13.1. The number of nitro groups is 1. The molecule has 0 saturated carbocycles. The molecule has 0 unspecified atom stereocenters. The fraction of sp³-hybridized carbons (Fsp3) is 0.278. The number of anilines is 1. The molecule has 0 aliphatic carbocycles. The third-order valence-corrected chi connectivity index (χ3v) is 3.66. The average molecular weight is 343 g/mol. The number of ether oxygens (including phenoxy) is 1. The molecule has 2 aromatic carbocycles. The molecule has 1 amide bonds. The Morgan fingerprint density at radius 2 is 1.80 bits per heavy atom. The first-order chi connectivity index (χ1) is 12.0. The normalized spacial score (nSPS) is 10.5. The molecule has 0 saturated heterocycles. The first kappa shape index (κ1) is 18.4.